The zero-order valence-corrected chi connectivity index (χ0v) is 14.5. The van der Waals surface area contributed by atoms with Crippen LogP contribution in [0.4, 0.5) is 0 Å². The van der Waals surface area contributed by atoms with Gasteiger partial charge in [-0.1, -0.05) is 55.8 Å². The second-order valence-corrected chi connectivity index (χ2v) is 6.95. The Kier molecular flexibility index (Phi) is 5.11. The van der Waals surface area contributed by atoms with Crippen LogP contribution in [0.5, 0.6) is 0 Å². The fraction of sp³-hybridized carbons (Fsp3) is 0.400. The Labute approximate surface area is 134 Å². The topological polar surface area (TPSA) is 0 Å². The van der Waals surface area contributed by atoms with Crippen LogP contribution < -0.4 is 0 Å². The molecule has 0 heterocycles. The van der Waals surface area contributed by atoms with E-state index in [1.807, 2.05) is 0 Å². The highest BCUT2D eigenvalue weighted by Gasteiger charge is 2.16. The highest BCUT2D eigenvalue weighted by atomic mass is 35.5. The third kappa shape index (κ3) is 3.89. The van der Waals surface area contributed by atoms with Gasteiger partial charge in [0.1, 0.15) is 0 Å². The number of benzene rings is 2. The Morgan fingerprint density at radius 2 is 1.43 bits per heavy atom. The largest absolute Gasteiger partial charge is 0.113 e. The van der Waals surface area contributed by atoms with Crippen LogP contribution in [0, 0.1) is 26.7 Å². The standard InChI is InChI=1S/C20H25Cl/c1-13(2)10-17-6-8-18(9-7-17)20(21)19-15(4)11-14(3)12-16(19)5/h6-9,11-13,20H,10H2,1-5H3. The minimum atomic E-state index is -0.0706. The average molecular weight is 301 g/mol. The van der Waals surface area contributed by atoms with Crippen molar-refractivity contribution in [3.05, 3.63) is 69.8 Å². The van der Waals surface area contributed by atoms with E-state index >= 15 is 0 Å². The Bertz CT molecular complexity index is 585. The SMILES string of the molecule is Cc1cc(C)c(C(Cl)c2ccc(CC(C)C)cc2)c(C)c1. The molecule has 0 aliphatic heterocycles. The van der Waals surface area contributed by atoms with Crippen LogP contribution in [0.2, 0.25) is 0 Å². The molecular weight excluding hydrogens is 276 g/mol. The Balaban J connectivity index is 2.30. The van der Waals surface area contributed by atoms with Crippen LogP contribution in [0.25, 0.3) is 0 Å². The molecule has 21 heavy (non-hydrogen) atoms. The fourth-order valence-corrected chi connectivity index (χ4v) is 3.54. The summed E-state index contributed by atoms with van der Waals surface area (Å²) >= 11 is 6.75. The van der Waals surface area contributed by atoms with Gasteiger partial charge in [-0.25, -0.2) is 0 Å². The molecular formula is C20H25Cl. The van der Waals surface area contributed by atoms with Gasteiger partial charge in [-0.3, -0.25) is 0 Å². The first kappa shape index (κ1) is 16.1. The van der Waals surface area contributed by atoms with Gasteiger partial charge in [-0.15, -0.1) is 11.6 Å². The quantitative estimate of drug-likeness (QED) is 0.595. The number of alkyl halides is 1. The molecule has 2 aromatic rings. The molecule has 2 aromatic carbocycles. The van der Waals surface area contributed by atoms with E-state index in [1.165, 1.54) is 33.4 Å². The van der Waals surface area contributed by atoms with Gasteiger partial charge >= 0.3 is 0 Å². The lowest BCUT2D eigenvalue weighted by Crippen LogP contribution is -2.01. The zero-order chi connectivity index (χ0) is 15.6. The van der Waals surface area contributed by atoms with Crippen molar-refractivity contribution in [3.63, 3.8) is 0 Å². The highest BCUT2D eigenvalue weighted by molar-refractivity contribution is 6.22. The van der Waals surface area contributed by atoms with Gasteiger partial charge in [0.15, 0.2) is 0 Å². The first-order valence-electron chi connectivity index (χ1n) is 7.69. The van der Waals surface area contributed by atoms with Gasteiger partial charge in [-0.05, 0) is 60.9 Å². The molecule has 0 radical (unpaired) electrons. The van der Waals surface area contributed by atoms with Crippen LogP contribution in [0.15, 0.2) is 36.4 Å². The van der Waals surface area contributed by atoms with E-state index < -0.39 is 0 Å². The molecule has 0 saturated carbocycles. The molecule has 0 amide bonds. The third-order valence-corrected chi connectivity index (χ3v) is 4.38. The van der Waals surface area contributed by atoms with Crippen molar-refractivity contribution in [2.75, 3.05) is 0 Å². The number of hydrogen-bond acceptors (Lipinski definition) is 0. The first-order chi connectivity index (χ1) is 9.88. The summed E-state index contributed by atoms with van der Waals surface area (Å²) in [6, 6.07) is 13.2. The predicted molar refractivity (Wildman–Crippen MR) is 93.3 cm³/mol. The van der Waals surface area contributed by atoms with Gasteiger partial charge in [0.05, 0.1) is 5.38 Å². The summed E-state index contributed by atoms with van der Waals surface area (Å²) in [4.78, 5) is 0. The van der Waals surface area contributed by atoms with Gasteiger partial charge < -0.3 is 0 Å². The first-order valence-corrected chi connectivity index (χ1v) is 8.12. The number of hydrogen-bond donors (Lipinski definition) is 0. The van der Waals surface area contributed by atoms with Crippen molar-refractivity contribution in [1.29, 1.82) is 0 Å². The molecule has 0 spiro atoms. The van der Waals surface area contributed by atoms with Gasteiger partial charge in [0.25, 0.3) is 0 Å². The van der Waals surface area contributed by atoms with Crippen molar-refractivity contribution in [2.45, 2.75) is 46.4 Å². The molecule has 0 aliphatic rings. The predicted octanol–water partition coefficient (Wildman–Crippen LogP) is 6.14. The summed E-state index contributed by atoms with van der Waals surface area (Å²) in [5.41, 5.74) is 7.66. The maximum absolute atomic E-state index is 6.75. The molecule has 0 nitrogen and oxygen atoms in total. The number of rotatable bonds is 4. The van der Waals surface area contributed by atoms with Crippen LogP contribution in [-0.4, -0.2) is 0 Å². The van der Waals surface area contributed by atoms with Crippen molar-refractivity contribution in [1.82, 2.24) is 0 Å². The maximum atomic E-state index is 6.75. The summed E-state index contributed by atoms with van der Waals surface area (Å²) in [5.74, 6) is 0.684. The van der Waals surface area contributed by atoms with Crippen molar-refractivity contribution in [3.8, 4) is 0 Å². The number of halogens is 1. The monoisotopic (exact) mass is 300 g/mol. The molecule has 112 valence electrons. The van der Waals surface area contributed by atoms with Crippen LogP contribution in [0.1, 0.15) is 52.6 Å². The van der Waals surface area contributed by atoms with Crippen LogP contribution >= 0.6 is 11.6 Å². The zero-order valence-electron chi connectivity index (χ0n) is 13.7. The lowest BCUT2D eigenvalue weighted by molar-refractivity contribution is 0.647. The van der Waals surface area contributed by atoms with Crippen LogP contribution in [-0.2, 0) is 6.42 Å². The van der Waals surface area contributed by atoms with Crippen molar-refractivity contribution in [2.24, 2.45) is 5.92 Å². The molecule has 0 aromatic heterocycles. The lowest BCUT2D eigenvalue weighted by atomic mass is 9.93. The summed E-state index contributed by atoms with van der Waals surface area (Å²) in [6.07, 6.45) is 1.12. The molecule has 0 saturated heterocycles. The fourth-order valence-electron chi connectivity index (χ4n) is 3.05. The molecule has 0 N–H and O–H groups in total. The molecule has 1 unspecified atom stereocenters. The van der Waals surface area contributed by atoms with E-state index in [9.17, 15) is 0 Å². The molecule has 1 heteroatoms. The van der Waals surface area contributed by atoms with Gasteiger partial charge in [0.2, 0.25) is 0 Å². The van der Waals surface area contributed by atoms with E-state index in [0.717, 1.165) is 6.42 Å². The molecule has 2 rings (SSSR count). The average Bonchev–Trinajstić information content (AvgIpc) is 2.37. The summed E-state index contributed by atoms with van der Waals surface area (Å²) in [5, 5.41) is -0.0706. The smallest absolute Gasteiger partial charge is 0.0840 e. The maximum Gasteiger partial charge on any atom is 0.0840 e. The highest BCUT2D eigenvalue weighted by Crippen LogP contribution is 2.34. The summed E-state index contributed by atoms with van der Waals surface area (Å²) < 4.78 is 0. The normalized spacial score (nSPS) is 12.7. The summed E-state index contributed by atoms with van der Waals surface area (Å²) in [6.45, 7) is 10.9. The van der Waals surface area contributed by atoms with E-state index in [1.54, 1.807) is 0 Å². The van der Waals surface area contributed by atoms with Crippen LogP contribution in [0.3, 0.4) is 0 Å². The molecule has 0 bridgehead atoms. The Morgan fingerprint density at radius 3 is 1.90 bits per heavy atom. The second-order valence-electron chi connectivity index (χ2n) is 6.51. The molecule has 1 atom stereocenters. The Morgan fingerprint density at radius 1 is 0.905 bits per heavy atom. The van der Waals surface area contributed by atoms with E-state index in [0.29, 0.717) is 5.92 Å². The molecule has 0 fully saturated rings. The second kappa shape index (κ2) is 6.66. The molecule has 0 aliphatic carbocycles. The van der Waals surface area contributed by atoms with Gasteiger partial charge in [-0.2, -0.15) is 0 Å². The minimum Gasteiger partial charge on any atom is -0.113 e. The Hall–Kier alpha value is -1.27. The summed E-state index contributed by atoms with van der Waals surface area (Å²) in [7, 11) is 0. The van der Waals surface area contributed by atoms with Crippen molar-refractivity contribution >= 4 is 11.6 Å². The van der Waals surface area contributed by atoms with E-state index in [-0.39, 0.29) is 5.38 Å². The number of aryl methyl sites for hydroxylation is 3. The minimum absolute atomic E-state index is 0.0706. The third-order valence-electron chi connectivity index (χ3n) is 3.91. The van der Waals surface area contributed by atoms with Gasteiger partial charge in [0, 0.05) is 0 Å². The van der Waals surface area contributed by atoms with E-state index in [4.69, 9.17) is 11.6 Å². The van der Waals surface area contributed by atoms with Crippen molar-refractivity contribution < 1.29 is 0 Å². The van der Waals surface area contributed by atoms with E-state index in [2.05, 4.69) is 71.0 Å². The lowest BCUT2D eigenvalue weighted by Gasteiger charge is -2.17.